The van der Waals surface area contributed by atoms with E-state index in [9.17, 15) is 0 Å². The average molecular weight is 937 g/mol. The van der Waals surface area contributed by atoms with Crippen LogP contribution in [0.2, 0.25) is 0 Å². The molecular weight excluding hydrogens is 873 g/mol. The molecule has 0 heterocycles. The molecule has 7 heteroatoms. The van der Waals surface area contributed by atoms with Crippen molar-refractivity contribution in [3.8, 4) is 17.2 Å². The van der Waals surface area contributed by atoms with Gasteiger partial charge in [0.15, 0.2) is 0 Å². The van der Waals surface area contributed by atoms with E-state index in [1.54, 1.807) is 21.3 Å². The van der Waals surface area contributed by atoms with Crippen molar-refractivity contribution in [2.24, 2.45) is 11.8 Å². The number of hydrogen-bond acceptors (Lipinski definition) is 7. The quantitative estimate of drug-likeness (QED) is 0.101. The highest BCUT2D eigenvalue weighted by Crippen LogP contribution is 2.50. The molecule has 358 valence electrons. The van der Waals surface area contributed by atoms with Gasteiger partial charge in [-0.05, 0) is 202 Å². The fourth-order valence-electron chi connectivity index (χ4n) is 10.1. The zero-order chi connectivity index (χ0) is 49.8. The number of anilines is 10. The Morgan fingerprint density at radius 3 is 0.930 bits per heavy atom. The Labute approximate surface area is 421 Å². The van der Waals surface area contributed by atoms with Gasteiger partial charge in [-0.3, -0.25) is 0 Å². The van der Waals surface area contributed by atoms with E-state index in [1.165, 1.54) is 17.0 Å². The third-order valence-corrected chi connectivity index (χ3v) is 13.9. The fourth-order valence-corrected chi connectivity index (χ4v) is 10.1. The van der Waals surface area contributed by atoms with Crippen molar-refractivity contribution in [3.63, 3.8) is 0 Å². The van der Waals surface area contributed by atoms with E-state index in [1.807, 2.05) is 36.4 Å². The Morgan fingerprint density at radius 2 is 0.606 bits per heavy atom. The van der Waals surface area contributed by atoms with E-state index in [2.05, 4.69) is 226 Å². The van der Waals surface area contributed by atoms with Crippen LogP contribution in [0.15, 0.2) is 211 Å². The Hall–Kier alpha value is -8.16. The summed E-state index contributed by atoms with van der Waals surface area (Å²) in [6, 6.07) is 66.5. The van der Waals surface area contributed by atoms with Crippen LogP contribution in [0.25, 0.3) is 0 Å². The monoisotopic (exact) mass is 936 g/mol. The molecule has 0 bridgehead atoms. The molecule has 9 rings (SSSR count). The maximum absolute atomic E-state index is 5.61. The fraction of sp³-hybridized carbons (Fsp3) is 0.188. The molecule has 8 aromatic rings. The molecule has 0 aromatic heterocycles. The van der Waals surface area contributed by atoms with E-state index in [0.717, 1.165) is 96.4 Å². The topological polar surface area (TPSA) is 40.7 Å². The highest BCUT2D eigenvalue weighted by Gasteiger charge is 2.36. The van der Waals surface area contributed by atoms with Gasteiger partial charge in [0.05, 0.1) is 21.3 Å². The first kappa shape index (κ1) is 47.9. The van der Waals surface area contributed by atoms with E-state index in [4.69, 9.17) is 14.2 Å². The van der Waals surface area contributed by atoms with Crippen molar-refractivity contribution in [3.05, 3.63) is 233 Å². The molecule has 2 unspecified atom stereocenters. The van der Waals surface area contributed by atoms with Gasteiger partial charge in [0, 0.05) is 80.1 Å². The summed E-state index contributed by atoms with van der Waals surface area (Å²) in [4.78, 5) is 9.67. The summed E-state index contributed by atoms with van der Waals surface area (Å²) in [7, 11) is 5.13. The zero-order valence-corrected chi connectivity index (χ0v) is 42.6. The van der Waals surface area contributed by atoms with Crippen LogP contribution in [-0.4, -0.2) is 21.3 Å². The van der Waals surface area contributed by atoms with Crippen LogP contribution >= 0.6 is 0 Å². The van der Waals surface area contributed by atoms with Crippen LogP contribution in [-0.2, 0) is 0 Å². The summed E-state index contributed by atoms with van der Waals surface area (Å²) in [5.41, 5.74) is 19.3. The number of allylic oxidation sites excluding steroid dienone is 4. The van der Waals surface area contributed by atoms with Gasteiger partial charge < -0.3 is 33.8 Å². The maximum atomic E-state index is 5.61. The van der Waals surface area contributed by atoms with Gasteiger partial charge in [-0.2, -0.15) is 0 Å². The largest absolute Gasteiger partial charge is 0.497 e. The average Bonchev–Trinajstić information content (AvgIpc) is 3.40. The molecule has 0 N–H and O–H groups in total. The number of ether oxygens (including phenoxy) is 3. The van der Waals surface area contributed by atoms with Gasteiger partial charge in [0.2, 0.25) is 0 Å². The lowest BCUT2D eigenvalue weighted by Gasteiger charge is -2.43. The Morgan fingerprint density at radius 1 is 0.324 bits per heavy atom. The summed E-state index contributed by atoms with van der Waals surface area (Å²) < 4.78 is 16.8. The molecule has 71 heavy (non-hydrogen) atoms. The second-order valence-corrected chi connectivity index (χ2v) is 18.5. The van der Waals surface area contributed by atoms with E-state index >= 15 is 0 Å². The molecule has 0 fully saturated rings. The SMILES string of the molecule is COc1ccc(N(C2=C(C)C=C(N(c3cc(C)c(N(c4ccccc4)c4ccc(OC)cc4)cc3C)c3cc(C)c(N(c4ccccc4)c4ccc(OC)cc4)cc3C)C(C)C2C)c2ccccc2)cc1. The van der Waals surface area contributed by atoms with Crippen molar-refractivity contribution in [1.29, 1.82) is 0 Å². The number of hydrogen-bond donors (Lipinski definition) is 0. The molecule has 0 aliphatic heterocycles. The lowest BCUT2D eigenvalue weighted by molar-refractivity contribution is 0.414. The standard InChI is InChI=1S/C64H64N4O3/c1-43-40-61(45(3)38-59(43)65(50-20-14-11-15-21-50)53-26-32-56(69-8)33-27-53)68(62-41-44(2)60(39-46(62)4)66(51-22-16-12-17-23-51)54-28-34-57(70-9)35-29-54)63-42-47(5)64(49(7)48(63)6)67(52-24-18-13-19-25-52)55-30-36-58(71-10)37-31-55/h11-42,48-49H,1-10H3. The van der Waals surface area contributed by atoms with Gasteiger partial charge in [-0.25, -0.2) is 0 Å². The van der Waals surface area contributed by atoms with Crippen molar-refractivity contribution in [2.75, 3.05) is 40.9 Å². The minimum absolute atomic E-state index is 0.0946. The molecule has 2 atom stereocenters. The Balaban J connectivity index is 1.25. The van der Waals surface area contributed by atoms with Crippen LogP contribution in [0.5, 0.6) is 17.2 Å². The van der Waals surface area contributed by atoms with Crippen molar-refractivity contribution in [2.45, 2.75) is 48.5 Å². The molecule has 0 amide bonds. The molecule has 0 spiro atoms. The lowest BCUT2D eigenvalue weighted by Crippen LogP contribution is -2.34. The summed E-state index contributed by atoms with van der Waals surface area (Å²) in [6.45, 7) is 16.0. The molecule has 0 saturated heterocycles. The van der Waals surface area contributed by atoms with Gasteiger partial charge in [0.1, 0.15) is 17.2 Å². The molecule has 0 radical (unpaired) electrons. The lowest BCUT2D eigenvalue weighted by atomic mass is 9.80. The number of nitrogens with zero attached hydrogens (tertiary/aromatic N) is 4. The van der Waals surface area contributed by atoms with Crippen LogP contribution in [0.4, 0.5) is 56.9 Å². The molecule has 7 nitrogen and oxygen atoms in total. The molecule has 1 aliphatic rings. The maximum Gasteiger partial charge on any atom is 0.119 e. The first-order valence-electron chi connectivity index (χ1n) is 24.4. The summed E-state index contributed by atoms with van der Waals surface area (Å²) in [5, 5.41) is 0. The van der Waals surface area contributed by atoms with E-state index < -0.39 is 0 Å². The van der Waals surface area contributed by atoms with Crippen LogP contribution in [0, 0.1) is 39.5 Å². The normalized spacial score (nSPS) is 14.4. The van der Waals surface area contributed by atoms with Crippen LogP contribution in [0.3, 0.4) is 0 Å². The highest BCUT2D eigenvalue weighted by atomic mass is 16.5. The van der Waals surface area contributed by atoms with Gasteiger partial charge in [-0.1, -0.05) is 68.4 Å². The third kappa shape index (κ3) is 9.60. The van der Waals surface area contributed by atoms with Crippen LogP contribution < -0.4 is 33.8 Å². The minimum Gasteiger partial charge on any atom is -0.497 e. The second-order valence-electron chi connectivity index (χ2n) is 18.5. The van der Waals surface area contributed by atoms with E-state index in [0.29, 0.717) is 0 Å². The number of rotatable bonds is 15. The predicted octanol–water partition coefficient (Wildman–Crippen LogP) is 17.3. The predicted molar refractivity (Wildman–Crippen MR) is 297 cm³/mol. The molecule has 1 aliphatic carbocycles. The summed E-state index contributed by atoms with van der Waals surface area (Å²) in [6.07, 6.45) is 2.44. The molecule has 8 aromatic carbocycles. The first-order chi connectivity index (χ1) is 34.5. The van der Waals surface area contributed by atoms with Crippen LogP contribution in [0.1, 0.15) is 43.0 Å². The van der Waals surface area contributed by atoms with Gasteiger partial charge >= 0.3 is 0 Å². The number of benzene rings is 8. The second kappa shape index (κ2) is 20.8. The highest BCUT2D eigenvalue weighted by molar-refractivity contribution is 5.86. The number of methoxy groups -OCH3 is 3. The van der Waals surface area contributed by atoms with Crippen molar-refractivity contribution < 1.29 is 14.2 Å². The smallest absolute Gasteiger partial charge is 0.119 e. The Kier molecular flexibility index (Phi) is 14.0. The molecular formula is C64H64N4O3. The summed E-state index contributed by atoms with van der Waals surface area (Å²) >= 11 is 0. The van der Waals surface area contributed by atoms with E-state index in [-0.39, 0.29) is 11.8 Å². The Bertz CT molecular complexity index is 3020. The summed E-state index contributed by atoms with van der Waals surface area (Å²) in [5.74, 6) is 2.68. The van der Waals surface area contributed by atoms with Crippen molar-refractivity contribution in [1.82, 2.24) is 0 Å². The van der Waals surface area contributed by atoms with Gasteiger partial charge in [0.25, 0.3) is 0 Å². The molecule has 0 saturated carbocycles. The van der Waals surface area contributed by atoms with Crippen molar-refractivity contribution >= 4 is 56.9 Å². The zero-order valence-electron chi connectivity index (χ0n) is 42.6. The first-order valence-corrected chi connectivity index (χ1v) is 24.4. The third-order valence-electron chi connectivity index (χ3n) is 13.9. The minimum atomic E-state index is 0.0946. The van der Waals surface area contributed by atoms with Gasteiger partial charge in [-0.15, -0.1) is 0 Å². The number of para-hydroxylation sites is 3. The number of aryl methyl sites for hydroxylation is 4.